The second kappa shape index (κ2) is 6.79. The van der Waals surface area contributed by atoms with Crippen molar-refractivity contribution in [2.75, 3.05) is 5.73 Å². The third-order valence-electron chi connectivity index (χ3n) is 4.87. The number of aromatic amines is 1. The summed E-state index contributed by atoms with van der Waals surface area (Å²) >= 11 is 0. The molecule has 7 nitrogen and oxygen atoms in total. The fourth-order valence-corrected chi connectivity index (χ4v) is 3.47. The molecule has 0 bridgehead atoms. The summed E-state index contributed by atoms with van der Waals surface area (Å²) < 4.78 is 3.44. The maximum Gasteiger partial charge on any atom is 0.251 e. The standard InChI is InChI=1S/C22H18N6O/c23-22-25-18-11-17(12-19(21(18)26-22)28-9-4-8-24-28)16-7-10-27(20(29)13-16)14-15-5-2-1-3-6-15/h1-13H,14H2,(H3,23,25,26). The monoisotopic (exact) mass is 382 g/mol. The predicted molar refractivity (Wildman–Crippen MR) is 113 cm³/mol. The molecule has 5 rings (SSSR count). The van der Waals surface area contributed by atoms with Gasteiger partial charge in [0.15, 0.2) is 5.95 Å². The smallest absolute Gasteiger partial charge is 0.251 e. The van der Waals surface area contributed by atoms with Crippen LogP contribution in [-0.4, -0.2) is 24.3 Å². The zero-order valence-corrected chi connectivity index (χ0v) is 15.5. The number of rotatable bonds is 4. The van der Waals surface area contributed by atoms with Gasteiger partial charge >= 0.3 is 0 Å². The number of nitrogens with one attached hydrogen (secondary N) is 1. The lowest BCUT2D eigenvalue weighted by atomic mass is 10.0. The summed E-state index contributed by atoms with van der Waals surface area (Å²) in [7, 11) is 0. The number of hydrogen-bond donors (Lipinski definition) is 2. The summed E-state index contributed by atoms with van der Waals surface area (Å²) in [6, 6.07) is 19.2. The van der Waals surface area contributed by atoms with Gasteiger partial charge in [0.05, 0.1) is 23.3 Å². The Bertz CT molecular complexity index is 1350. The van der Waals surface area contributed by atoms with Crippen molar-refractivity contribution in [1.29, 1.82) is 0 Å². The average molecular weight is 382 g/mol. The van der Waals surface area contributed by atoms with Gasteiger partial charge in [0, 0.05) is 24.7 Å². The summed E-state index contributed by atoms with van der Waals surface area (Å²) in [5.74, 6) is 0.337. The molecule has 0 saturated carbocycles. The lowest BCUT2D eigenvalue weighted by molar-refractivity contribution is 0.760. The molecule has 0 aliphatic rings. The van der Waals surface area contributed by atoms with Crippen molar-refractivity contribution in [2.24, 2.45) is 0 Å². The van der Waals surface area contributed by atoms with Crippen molar-refractivity contribution in [1.82, 2.24) is 24.3 Å². The molecule has 2 aromatic carbocycles. The highest BCUT2D eigenvalue weighted by Crippen LogP contribution is 2.28. The number of anilines is 1. The van der Waals surface area contributed by atoms with Gasteiger partial charge in [-0.2, -0.15) is 5.10 Å². The van der Waals surface area contributed by atoms with Crippen LogP contribution in [-0.2, 0) is 6.54 Å². The summed E-state index contributed by atoms with van der Waals surface area (Å²) in [4.78, 5) is 20.1. The Balaban J connectivity index is 1.59. The van der Waals surface area contributed by atoms with Gasteiger partial charge in [0.25, 0.3) is 5.56 Å². The maximum atomic E-state index is 12.7. The number of pyridine rings is 1. The highest BCUT2D eigenvalue weighted by Gasteiger charge is 2.12. The van der Waals surface area contributed by atoms with Crippen LogP contribution in [0.1, 0.15) is 5.56 Å². The fourth-order valence-electron chi connectivity index (χ4n) is 3.47. The van der Waals surface area contributed by atoms with Gasteiger partial charge in [-0.15, -0.1) is 0 Å². The first kappa shape index (κ1) is 17.0. The van der Waals surface area contributed by atoms with Crippen LogP contribution in [0.25, 0.3) is 27.8 Å². The van der Waals surface area contributed by atoms with E-state index in [0.717, 1.165) is 33.4 Å². The number of nitrogens with two attached hydrogens (primary N) is 1. The Hall–Kier alpha value is -4.13. The third kappa shape index (κ3) is 3.19. The number of fused-ring (bicyclic) bond motifs is 1. The molecule has 0 atom stereocenters. The van der Waals surface area contributed by atoms with Gasteiger partial charge in [-0.05, 0) is 41.0 Å². The first-order valence-electron chi connectivity index (χ1n) is 9.21. The second-order valence-corrected chi connectivity index (χ2v) is 6.83. The van der Waals surface area contributed by atoms with Gasteiger partial charge in [-0.3, -0.25) is 4.79 Å². The summed E-state index contributed by atoms with van der Waals surface area (Å²) in [6.07, 6.45) is 5.39. The van der Waals surface area contributed by atoms with Gasteiger partial charge in [-0.1, -0.05) is 30.3 Å². The van der Waals surface area contributed by atoms with E-state index < -0.39 is 0 Å². The average Bonchev–Trinajstić information content (AvgIpc) is 3.38. The van der Waals surface area contributed by atoms with Crippen LogP contribution in [0.5, 0.6) is 0 Å². The molecule has 3 aromatic heterocycles. The van der Waals surface area contributed by atoms with Crippen LogP contribution in [0, 0.1) is 0 Å². The van der Waals surface area contributed by atoms with Crippen molar-refractivity contribution in [3.05, 3.63) is 95.2 Å². The molecule has 0 saturated heterocycles. The van der Waals surface area contributed by atoms with Crippen molar-refractivity contribution in [3.63, 3.8) is 0 Å². The van der Waals surface area contributed by atoms with E-state index in [2.05, 4.69) is 15.1 Å². The molecule has 3 N–H and O–H groups in total. The molecule has 7 heteroatoms. The molecule has 29 heavy (non-hydrogen) atoms. The van der Waals surface area contributed by atoms with Crippen LogP contribution in [0.4, 0.5) is 5.95 Å². The minimum absolute atomic E-state index is 0.0615. The Morgan fingerprint density at radius 2 is 1.83 bits per heavy atom. The third-order valence-corrected chi connectivity index (χ3v) is 4.87. The van der Waals surface area contributed by atoms with Crippen LogP contribution in [0.3, 0.4) is 0 Å². The molecule has 142 valence electrons. The quantitative estimate of drug-likeness (QED) is 0.499. The normalized spacial score (nSPS) is 11.2. The number of hydrogen-bond acceptors (Lipinski definition) is 4. The summed E-state index contributed by atoms with van der Waals surface area (Å²) in [5, 5.41) is 4.32. The van der Waals surface area contributed by atoms with Crippen molar-refractivity contribution >= 4 is 17.0 Å². The molecule has 0 radical (unpaired) electrons. The van der Waals surface area contributed by atoms with E-state index in [1.54, 1.807) is 21.5 Å². The van der Waals surface area contributed by atoms with Crippen LogP contribution in [0.2, 0.25) is 0 Å². The zero-order chi connectivity index (χ0) is 19.8. The van der Waals surface area contributed by atoms with Crippen LogP contribution < -0.4 is 11.3 Å². The lowest BCUT2D eigenvalue weighted by Crippen LogP contribution is -2.19. The number of nitrogen functional groups attached to an aromatic ring is 1. The molecule has 5 aromatic rings. The minimum atomic E-state index is -0.0615. The summed E-state index contributed by atoms with van der Waals surface area (Å²) in [6.45, 7) is 0.535. The number of H-pyrrole nitrogens is 1. The molecule has 0 fully saturated rings. The van der Waals surface area contributed by atoms with Crippen molar-refractivity contribution < 1.29 is 0 Å². The van der Waals surface area contributed by atoms with E-state index in [1.807, 2.05) is 67.0 Å². The SMILES string of the molecule is Nc1nc2cc(-c3ccn(Cc4ccccc4)c(=O)c3)cc(-n3cccn3)c2[nH]1. The van der Waals surface area contributed by atoms with Crippen LogP contribution >= 0.6 is 0 Å². The lowest BCUT2D eigenvalue weighted by Gasteiger charge is -2.10. The van der Waals surface area contributed by atoms with Gasteiger partial charge in [-0.25, -0.2) is 9.67 Å². The Morgan fingerprint density at radius 3 is 2.59 bits per heavy atom. The Kier molecular flexibility index (Phi) is 3.98. The van der Waals surface area contributed by atoms with Gasteiger partial charge in [0.2, 0.25) is 0 Å². The Morgan fingerprint density at radius 1 is 0.966 bits per heavy atom. The van der Waals surface area contributed by atoms with Crippen LogP contribution in [0.15, 0.2) is 84.0 Å². The second-order valence-electron chi connectivity index (χ2n) is 6.83. The van der Waals surface area contributed by atoms with Crippen molar-refractivity contribution in [2.45, 2.75) is 6.54 Å². The number of imidazole rings is 1. The molecule has 0 spiro atoms. The first-order chi connectivity index (χ1) is 14.2. The van der Waals surface area contributed by atoms with E-state index in [1.165, 1.54) is 0 Å². The molecule has 3 heterocycles. The molecular formula is C22H18N6O. The highest BCUT2D eigenvalue weighted by molar-refractivity contribution is 5.90. The highest BCUT2D eigenvalue weighted by atomic mass is 16.1. The minimum Gasteiger partial charge on any atom is -0.369 e. The summed E-state index contributed by atoms with van der Waals surface area (Å²) in [5.41, 5.74) is 10.9. The van der Waals surface area contributed by atoms with Gasteiger partial charge in [0.1, 0.15) is 0 Å². The topological polar surface area (TPSA) is 94.5 Å². The Labute approximate surface area is 166 Å². The number of nitrogens with zero attached hydrogens (tertiary/aromatic N) is 4. The van der Waals surface area contributed by atoms with E-state index in [-0.39, 0.29) is 5.56 Å². The number of aromatic nitrogens is 5. The van der Waals surface area contributed by atoms with E-state index in [0.29, 0.717) is 12.5 Å². The van der Waals surface area contributed by atoms with E-state index in [9.17, 15) is 4.79 Å². The predicted octanol–water partition coefficient (Wildman–Crippen LogP) is 3.21. The molecular weight excluding hydrogens is 364 g/mol. The molecule has 0 aliphatic carbocycles. The maximum absolute atomic E-state index is 12.7. The number of benzene rings is 2. The molecule has 0 aliphatic heterocycles. The van der Waals surface area contributed by atoms with Gasteiger partial charge < -0.3 is 15.3 Å². The largest absolute Gasteiger partial charge is 0.369 e. The van der Waals surface area contributed by atoms with Crippen molar-refractivity contribution in [3.8, 4) is 16.8 Å². The molecule has 0 unspecified atom stereocenters. The first-order valence-corrected chi connectivity index (χ1v) is 9.21. The zero-order valence-electron chi connectivity index (χ0n) is 15.5. The van der Waals surface area contributed by atoms with E-state index in [4.69, 9.17) is 5.73 Å². The molecule has 0 amide bonds. The fraction of sp³-hybridized carbons (Fsp3) is 0.0455. The van der Waals surface area contributed by atoms with E-state index >= 15 is 0 Å².